The highest BCUT2D eigenvalue weighted by molar-refractivity contribution is 8.00. The van der Waals surface area contributed by atoms with E-state index in [0.717, 1.165) is 12.3 Å². The molecule has 0 N–H and O–H groups in total. The van der Waals surface area contributed by atoms with Crippen LogP contribution in [0.2, 0.25) is 0 Å². The molecule has 3 aliphatic rings. The molecule has 0 amide bonds. The summed E-state index contributed by atoms with van der Waals surface area (Å²) in [7, 11) is 0. The van der Waals surface area contributed by atoms with E-state index in [2.05, 4.69) is 104 Å². The van der Waals surface area contributed by atoms with Crippen LogP contribution in [0.5, 0.6) is 0 Å². The molecule has 0 bridgehead atoms. The van der Waals surface area contributed by atoms with E-state index in [1.54, 1.807) is 0 Å². The minimum absolute atomic E-state index is 0.261. The fraction of sp³-hybridized carbons (Fsp3) is 0.212. The summed E-state index contributed by atoms with van der Waals surface area (Å²) in [5, 5.41) is 5.53. The number of anilines is 2. The van der Waals surface area contributed by atoms with Crippen LogP contribution in [0, 0.1) is 5.92 Å². The van der Waals surface area contributed by atoms with Crippen molar-refractivity contribution in [1.29, 1.82) is 0 Å². The van der Waals surface area contributed by atoms with E-state index in [-0.39, 0.29) is 6.71 Å². The molecule has 0 radical (unpaired) electrons. The molecule has 3 aliphatic heterocycles. The van der Waals surface area contributed by atoms with Gasteiger partial charge in [0, 0.05) is 27.2 Å². The zero-order chi connectivity index (χ0) is 24.0. The first-order valence-electron chi connectivity index (χ1n) is 13.4. The van der Waals surface area contributed by atoms with E-state index in [1.807, 2.05) is 11.8 Å². The molecular formula is C33H28BNS. The summed E-state index contributed by atoms with van der Waals surface area (Å²) < 4.78 is 0. The maximum atomic E-state index is 2.71. The summed E-state index contributed by atoms with van der Waals surface area (Å²) in [5.41, 5.74) is 8.95. The van der Waals surface area contributed by atoms with Crippen LogP contribution >= 0.6 is 11.8 Å². The Labute approximate surface area is 217 Å². The first-order chi connectivity index (χ1) is 17.7. The zero-order valence-corrected chi connectivity index (χ0v) is 21.6. The Kier molecular flexibility index (Phi) is 4.47. The van der Waals surface area contributed by atoms with Gasteiger partial charge in [0.05, 0.1) is 0 Å². The predicted octanol–water partition coefficient (Wildman–Crippen LogP) is 6.79. The van der Waals surface area contributed by atoms with Gasteiger partial charge in [0.25, 0.3) is 0 Å². The van der Waals surface area contributed by atoms with Gasteiger partial charge in [-0.05, 0) is 87.7 Å². The molecule has 1 nitrogen and oxygen atoms in total. The van der Waals surface area contributed by atoms with E-state index >= 15 is 0 Å². The normalized spacial score (nSPS) is 19.9. The monoisotopic (exact) mass is 481 g/mol. The maximum Gasteiger partial charge on any atom is 0.250 e. The number of aryl methyl sites for hydroxylation is 1. The van der Waals surface area contributed by atoms with Crippen molar-refractivity contribution >= 4 is 67.8 Å². The Bertz CT molecular complexity index is 1710. The molecule has 3 heteroatoms. The molecule has 0 fully saturated rings. The minimum Gasteiger partial charge on any atom is -0.339 e. The van der Waals surface area contributed by atoms with Crippen LogP contribution in [-0.4, -0.2) is 12.8 Å². The molecule has 0 aromatic heterocycles. The Balaban J connectivity index is 1.53. The number of rotatable bonds is 0. The number of benzene rings is 5. The Hall–Kier alpha value is -3.17. The van der Waals surface area contributed by atoms with Gasteiger partial charge in [-0.3, -0.25) is 0 Å². The number of hydrogen-bond acceptors (Lipinski definition) is 2. The van der Waals surface area contributed by atoms with Crippen molar-refractivity contribution in [3.8, 4) is 0 Å². The molecule has 0 saturated heterocycles. The van der Waals surface area contributed by atoms with Gasteiger partial charge in [0.2, 0.25) is 6.71 Å². The van der Waals surface area contributed by atoms with Crippen LogP contribution < -0.4 is 21.3 Å². The summed E-state index contributed by atoms with van der Waals surface area (Å²) >= 11 is 1.99. The van der Waals surface area contributed by atoms with Gasteiger partial charge in [-0.1, -0.05) is 91.5 Å². The second-order valence-corrected chi connectivity index (χ2v) is 12.1. The average molecular weight is 481 g/mol. The summed E-state index contributed by atoms with van der Waals surface area (Å²) in [6.45, 7) is 5.13. The van der Waals surface area contributed by atoms with Crippen LogP contribution in [-0.2, 0) is 6.42 Å². The topological polar surface area (TPSA) is 3.24 Å². The second kappa shape index (κ2) is 7.67. The zero-order valence-electron chi connectivity index (χ0n) is 20.8. The highest BCUT2D eigenvalue weighted by Gasteiger charge is 2.43. The van der Waals surface area contributed by atoms with Gasteiger partial charge >= 0.3 is 0 Å². The lowest BCUT2D eigenvalue weighted by Gasteiger charge is -2.45. The molecule has 174 valence electrons. The predicted molar refractivity (Wildman–Crippen MR) is 157 cm³/mol. The molecule has 36 heavy (non-hydrogen) atoms. The molecule has 5 aromatic rings. The first-order valence-corrected chi connectivity index (χ1v) is 14.2. The number of para-hydroxylation sites is 1. The van der Waals surface area contributed by atoms with Gasteiger partial charge in [-0.25, -0.2) is 0 Å². The van der Waals surface area contributed by atoms with Crippen LogP contribution in [0.4, 0.5) is 11.4 Å². The van der Waals surface area contributed by atoms with Gasteiger partial charge in [0.1, 0.15) is 0 Å². The van der Waals surface area contributed by atoms with E-state index in [9.17, 15) is 0 Å². The number of fused-ring (bicyclic) bond motifs is 9. The van der Waals surface area contributed by atoms with Crippen molar-refractivity contribution in [2.45, 2.75) is 48.9 Å². The fourth-order valence-corrected chi connectivity index (χ4v) is 8.67. The molecule has 0 saturated carbocycles. The number of nitrogens with zero attached hydrogens (tertiary/aromatic N) is 1. The molecule has 3 heterocycles. The minimum atomic E-state index is 0.261. The van der Waals surface area contributed by atoms with Crippen LogP contribution in [0.3, 0.4) is 0 Å². The Morgan fingerprint density at radius 3 is 2.31 bits per heavy atom. The van der Waals surface area contributed by atoms with Gasteiger partial charge in [0.15, 0.2) is 0 Å². The van der Waals surface area contributed by atoms with E-state index in [4.69, 9.17) is 0 Å². The van der Waals surface area contributed by atoms with Crippen molar-refractivity contribution in [3.05, 3.63) is 90.5 Å². The molecule has 2 unspecified atom stereocenters. The summed E-state index contributed by atoms with van der Waals surface area (Å²) in [6, 6.07) is 32.8. The standard InChI is InChI=1S/C33H28BNS/c1-20-17-18-22-9-7-14-27-32(22)35(21(2)19-20)28-15-8-16-29-31(28)34(27)30-25-12-5-3-10-23(25)24-11-4-6-13-26(24)33(30)36-29/h3-16,20-21H,17-19H2,1-2H3. The van der Waals surface area contributed by atoms with Crippen molar-refractivity contribution in [2.75, 3.05) is 4.90 Å². The highest BCUT2D eigenvalue weighted by Crippen LogP contribution is 2.45. The molecule has 2 atom stereocenters. The maximum absolute atomic E-state index is 2.71. The molecule has 5 aromatic carbocycles. The second-order valence-electron chi connectivity index (χ2n) is 11.0. The van der Waals surface area contributed by atoms with Gasteiger partial charge in [-0.15, -0.1) is 0 Å². The van der Waals surface area contributed by atoms with Crippen LogP contribution in [0.15, 0.2) is 94.7 Å². The van der Waals surface area contributed by atoms with Crippen LogP contribution in [0.25, 0.3) is 21.5 Å². The lowest BCUT2D eigenvalue weighted by atomic mass is 9.34. The third kappa shape index (κ3) is 2.75. The van der Waals surface area contributed by atoms with Crippen molar-refractivity contribution in [3.63, 3.8) is 0 Å². The molecular weight excluding hydrogens is 453 g/mol. The molecule has 0 aliphatic carbocycles. The smallest absolute Gasteiger partial charge is 0.250 e. The largest absolute Gasteiger partial charge is 0.339 e. The average Bonchev–Trinajstić information content (AvgIpc) is 2.91. The lowest BCUT2D eigenvalue weighted by Crippen LogP contribution is -2.62. The highest BCUT2D eigenvalue weighted by atomic mass is 32.2. The summed E-state index contributed by atoms with van der Waals surface area (Å²) in [4.78, 5) is 5.58. The fourth-order valence-electron chi connectivity index (χ4n) is 7.35. The van der Waals surface area contributed by atoms with Gasteiger partial charge < -0.3 is 4.90 Å². The van der Waals surface area contributed by atoms with Gasteiger partial charge in [-0.2, -0.15) is 0 Å². The number of hydrogen-bond donors (Lipinski definition) is 0. The third-order valence-corrected chi connectivity index (χ3v) is 10.0. The Morgan fingerprint density at radius 2 is 1.47 bits per heavy atom. The van der Waals surface area contributed by atoms with E-state index in [1.165, 1.54) is 77.5 Å². The van der Waals surface area contributed by atoms with Crippen molar-refractivity contribution < 1.29 is 0 Å². The Morgan fingerprint density at radius 1 is 0.750 bits per heavy atom. The summed E-state index contributed by atoms with van der Waals surface area (Å²) in [6.07, 6.45) is 3.67. The quantitative estimate of drug-likeness (QED) is 0.174. The molecule has 0 spiro atoms. The SMILES string of the molecule is CC1CCc2cccc3c2N(c2cccc4c2B3c2c(c3ccccc3c3ccccc23)S4)C(C)C1. The first kappa shape index (κ1) is 21.0. The van der Waals surface area contributed by atoms with Crippen molar-refractivity contribution in [2.24, 2.45) is 5.92 Å². The lowest BCUT2D eigenvalue weighted by molar-refractivity contribution is 0.440. The van der Waals surface area contributed by atoms with E-state index in [0.29, 0.717) is 6.04 Å². The van der Waals surface area contributed by atoms with E-state index < -0.39 is 0 Å². The molecule has 8 rings (SSSR count). The summed E-state index contributed by atoms with van der Waals surface area (Å²) in [5.74, 6) is 0.736. The van der Waals surface area contributed by atoms with Crippen molar-refractivity contribution in [1.82, 2.24) is 0 Å². The van der Waals surface area contributed by atoms with Crippen LogP contribution in [0.1, 0.15) is 32.3 Å². The third-order valence-electron chi connectivity index (χ3n) is 8.81.